The summed E-state index contributed by atoms with van der Waals surface area (Å²) < 4.78 is 18.2. The quantitative estimate of drug-likeness (QED) is 0.268. The molecule has 2 N–H and O–H groups in total. The summed E-state index contributed by atoms with van der Waals surface area (Å²) in [6.07, 6.45) is 6.57. The molecule has 6 nitrogen and oxygen atoms in total. The lowest BCUT2D eigenvalue weighted by atomic mass is 10.2. The number of thiocarbonyl (C=S) groups is 1. The second-order valence-electron chi connectivity index (χ2n) is 7.90. The number of carbonyl (C=O) groups excluding carboxylic acids is 1. The van der Waals surface area contributed by atoms with Crippen molar-refractivity contribution in [3.8, 4) is 11.5 Å². The van der Waals surface area contributed by atoms with E-state index in [1.54, 1.807) is 12.1 Å². The molecular formula is C25H31BrN2O4S. The molecule has 0 aliphatic carbocycles. The van der Waals surface area contributed by atoms with Crippen LogP contribution in [0.15, 0.2) is 46.9 Å². The molecule has 33 heavy (non-hydrogen) atoms. The number of carbonyl (C=O) groups is 1. The van der Waals surface area contributed by atoms with Crippen molar-refractivity contribution < 1.29 is 19.0 Å². The molecule has 1 unspecified atom stereocenters. The van der Waals surface area contributed by atoms with Crippen LogP contribution in [0, 0.1) is 0 Å². The van der Waals surface area contributed by atoms with Gasteiger partial charge in [0, 0.05) is 11.1 Å². The second kappa shape index (κ2) is 13.5. The van der Waals surface area contributed by atoms with E-state index in [0.717, 1.165) is 36.8 Å². The molecule has 0 aromatic heterocycles. The molecule has 1 aliphatic rings. The Morgan fingerprint density at radius 2 is 2.00 bits per heavy atom. The fraction of sp³-hybridized carbons (Fsp3) is 0.440. The fourth-order valence-electron chi connectivity index (χ4n) is 3.49. The second-order valence-corrected chi connectivity index (χ2v) is 9.22. The van der Waals surface area contributed by atoms with Crippen molar-refractivity contribution in [2.75, 3.05) is 25.1 Å². The predicted octanol–water partition coefficient (Wildman–Crippen LogP) is 6.09. The summed E-state index contributed by atoms with van der Waals surface area (Å²) in [7, 11) is 0. The molecule has 1 atom stereocenters. The summed E-state index contributed by atoms with van der Waals surface area (Å²) in [6, 6.07) is 12.9. The molecule has 178 valence electrons. The molecule has 1 heterocycles. The molecule has 3 rings (SSSR count). The van der Waals surface area contributed by atoms with Gasteiger partial charge in [-0.25, -0.2) is 0 Å². The smallest absolute Gasteiger partial charge is 0.261 e. The molecule has 1 saturated heterocycles. The summed E-state index contributed by atoms with van der Waals surface area (Å²) in [5.41, 5.74) is 1.11. The van der Waals surface area contributed by atoms with E-state index in [-0.39, 0.29) is 17.1 Å². The van der Waals surface area contributed by atoms with Crippen LogP contribution in [0.2, 0.25) is 0 Å². The normalized spacial score (nSPS) is 15.2. The number of para-hydroxylation sites is 2. The predicted molar refractivity (Wildman–Crippen MR) is 138 cm³/mol. The third-order valence-corrected chi connectivity index (χ3v) is 5.95. The van der Waals surface area contributed by atoms with Gasteiger partial charge in [-0.2, -0.15) is 0 Å². The van der Waals surface area contributed by atoms with E-state index in [1.807, 2.05) is 30.3 Å². The van der Waals surface area contributed by atoms with Crippen molar-refractivity contribution in [1.29, 1.82) is 0 Å². The van der Waals surface area contributed by atoms with Crippen LogP contribution in [0.3, 0.4) is 0 Å². The first-order chi connectivity index (χ1) is 16.1. The fourth-order valence-corrected chi connectivity index (χ4v) is 4.06. The number of amides is 1. The number of benzene rings is 2. The molecule has 2 aromatic carbocycles. The number of unbranched alkanes of at least 4 members (excludes halogenated alkanes) is 3. The van der Waals surface area contributed by atoms with Gasteiger partial charge in [0.05, 0.1) is 24.0 Å². The van der Waals surface area contributed by atoms with Crippen LogP contribution in [0.25, 0.3) is 0 Å². The first kappa shape index (κ1) is 25.5. The summed E-state index contributed by atoms with van der Waals surface area (Å²) in [5.74, 6) is 0.855. The molecule has 2 aromatic rings. The van der Waals surface area contributed by atoms with Gasteiger partial charge >= 0.3 is 0 Å². The van der Waals surface area contributed by atoms with Crippen LogP contribution in [0.1, 0.15) is 55.8 Å². The van der Waals surface area contributed by atoms with E-state index in [4.69, 9.17) is 26.4 Å². The number of nitrogens with one attached hydrogen (secondary N) is 2. The lowest BCUT2D eigenvalue weighted by molar-refractivity contribution is 0.0682. The Morgan fingerprint density at radius 3 is 2.79 bits per heavy atom. The van der Waals surface area contributed by atoms with E-state index in [1.165, 1.54) is 12.8 Å². The Morgan fingerprint density at radius 1 is 1.15 bits per heavy atom. The van der Waals surface area contributed by atoms with Gasteiger partial charge in [0.1, 0.15) is 18.1 Å². The Labute approximate surface area is 209 Å². The summed E-state index contributed by atoms with van der Waals surface area (Å²) in [5, 5.41) is 6.00. The van der Waals surface area contributed by atoms with Gasteiger partial charge < -0.3 is 19.5 Å². The highest BCUT2D eigenvalue weighted by Crippen LogP contribution is 2.26. The molecule has 1 aliphatic heterocycles. The van der Waals surface area contributed by atoms with E-state index in [2.05, 4.69) is 33.5 Å². The molecule has 0 saturated carbocycles. The highest BCUT2D eigenvalue weighted by atomic mass is 79.9. The van der Waals surface area contributed by atoms with Crippen molar-refractivity contribution in [2.45, 2.75) is 51.6 Å². The lowest BCUT2D eigenvalue weighted by Crippen LogP contribution is -2.34. The first-order valence-corrected chi connectivity index (χ1v) is 12.6. The van der Waals surface area contributed by atoms with Crippen LogP contribution in [-0.4, -0.2) is 36.9 Å². The van der Waals surface area contributed by atoms with Crippen LogP contribution < -0.4 is 20.1 Å². The zero-order valence-corrected chi connectivity index (χ0v) is 21.3. The first-order valence-electron chi connectivity index (χ1n) is 11.4. The largest absolute Gasteiger partial charge is 0.493 e. The molecule has 0 bridgehead atoms. The van der Waals surface area contributed by atoms with E-state index >= 15 is 0 Å². The van der Waals surface area contributed by atoms with Crippen molar-refractivity contribution in [2.24, 2.45) is 0 Å². The zero-order valence-electron chi connectivity index (χ0n) is 18.9. The molecule has 0 radical (unpaired) electrons. The third kappa shape index (κ3) is 8.28. The van der Waals surface area contributed by atoms with Gasteiger partial charge in [-0.1, -0.05) is 54.2 Å². The maximum absolute atomic E-state index is 13.0. The Balaban J connectivity index is 1.58. The molecule has 1 fully saturated rings. The minimum absolute atomic E-state index is 0.113. The third-order valence-electron chi connectivity index (χ3n) is 5.25. The van der Waals surface area contributed by atoms with Gasteiger partial charge in [-0.15, -0.1) is 0 Å². The molecule has 0 spiro atoms. The number of ether oxygens (including phenoxy) is 3. The molecule has 8 heteroatoms. The maximum Gasteiger partial charge on any atom is 0.261 e. The minimum atomic E-state index is -0.338. The number of hydrogen-bond donors (Lipinski definition) is 2. The van der Waals surface area contributed by atoms with Gasteiger partial charge in [0.25, 0.3) is 5.91 Å². The zero-order chi connectivity index (χ0) is 23.5. The average Bonchev–Trinajstić information content (AvgIpc) is 3.33. The SMILES string of the molecule is CCCCCCOc1ccc(Br)cc1C(=O)NC(=S)Nc1ccccc1OCC1CCCO1. The van der Waals surface area contributed by atoms with Crippen molar-refractivity contribution in [1.82, 2.24) is 5.32 Å². The van der Waals surface area contributed by atoms with Gasteiger partial charge in [-0.3, -0.25) is 10.1 Å². The monoisotopic (exact) mass is 534 g/mol. The lowest BCUT2D eigenvalue weighted by Gasteiger charge is -2.17. The van der Waals surface area contributed by atoms with Gasteiger partial charge in [-0.05, 0) is 61.8 Å². The van der Waals surface area contributed by atoms with E-state index < -0.39 is 0 Å². The number of hydrogen-bond acceptors (Lipinski definition) is 5. The van der Waals surface area contributed by atoms with E-state index in [9.17, 15) is 4.79 Å². The molecular weight excluding hydrogens is 504 g/mol. The van der Waals surface area contributed by atoms with Crippen LogP contribution >= 0.6 is 28.1 Å². The summed E-state index contributed by atoms with van der Waals surface area (Å²) in [4.78, 5) is 13.0. The van der Waals surface area contributed by atoms with Crippen molar-refractivity contribution in [3.63, 3.8) is 0 Å². The minimum Gasteiger partial charge on any atom is -0.493 e. The van der Waals surface area contributed by atoms with Crippen LogP contribution in [-0.2, 0) is 4.74 Å². The van der Waals surface area contributed by atoms with Gasteiger partial charge in [0.2, 0.25) is 0 Å². The highest BCUT2D eigenvalue weighted by Gasteiger charge is 2.18. The topological polar surface area (TPSA) is 68.8 Å². The average molecular weight is 536 g/mol. The Kier molecular flexibility index (Phi) is 10.4. The Bertz CT molecular complexity index is 934. The summed E-state index contributed by atoms with van der Waals surface area (Å²) >= 11 is 8.83. The Hall–Kier alpha value is -2.16. The summed E-state index contributed by atoms with van der Waals surface area (Å²) in [6.45, 7) is 4.00. The number of halogens is 1. The number of rotatable bonds is 11. The van der Waals surface area contributed by atoms with Crippen molar-refractivity contribution >= 4 is 44.9 Å². The van der Waals surface area contributed by atoms with E-state index in [0.29, 0.717) is 36.0 Å². The maximum atomic E-state index is 13.0. The van der Waals surface area contributed by atoms with Gasteiger partial charge in [0.15, 0.2) is 5.11 Å². The van der Waals surface area contributed by atoms with Crippen LogP contribution in [0.4, 0.5) is 5.69 Å². The number of anilines is 1. The van der Waals surface area contributed by atoms with Crippen LogP contribution in [0.5, 0.6) is 11.5 Å². The highest BCUT2D eigenvalue weighted by molar-refractivity contribution is 9.10. The standard InChI is InChI=1S/C25H31BrN2O4S/c1-2-3-4-7-14-31-22-13-12-18(26)16-20(22)24(29)28-25(33)27-21-10-5-6-11-23(21)32-17-19-9-8-15-30-19/h5-6,10-13,16,19H,2-4,7-9,14-15,17H2,1H3,(H2,27,28,29,33). The van der Waals surface area contributed by atoms with Crippen molar-refractivity contribution in [3.05, 3.63) is 52.5 Å². The molecule has 1 amide bonds.